The number of aromatic nitrogens is 9. The molecule has 6 heterocycles. The minimum atomic E-state index is -4.64. The highest BCUT2D eigenvalue weighted by Gasteiger charge is 2.34. The average Bonchev–Trinajstić information content (AvgIpc) is 1.54. The number of nitrogens with one attached hydrogen (secondary N) is 7. The van der Waals surface area contributed by atoms with Gasteiger partial charge in [-0.3, -0.25) is 33.7 Å². The Morgan fingerprint density at radius 3 is 1.41 bits per heavy atom. The lowest BCUT2D eigenvalue weighted by molar-refractivity contribution is -0.348. The maximum atomic E-state index is 15.1. The van der Waals surface area contributed by atoms with Gasteiger partial charge in [-0.25, -0.2) is 63.3 Å². The summed E-state index contributed by atoms with van der Waals surface area (Å²) in [5, 5.41) is 10.7. The van der Waals surface area contributed by atoms with Gasteiger partial charge in [0.1, 0.15) is 23.3 Å². The predicted octanol–water partition coefficient (Wildman–Crippen LogP) is 12.0. The number of H-pyrrole nitrogens is 4. The van der Waals surface area contributed by atoms with Gasteiger partial charge < -0.3 is 15.1 Å². The molecule has 6 aromatic carbocycles. The zero-order valence-electron chi connectivity index (χ0n) is 47.8. The molecule has 12 rings (SSSR count). The largest absolute Gasteiger partial charge is 0.416 e. The smallest absolute Gasteiger partial charge is 0.383 e. The monoisotopic (exact) mass is 1400 g/mol. The number of aldehydes is 1. The van der Waals surface area contributed by atoms with E-state index >= 15 is 8.78 Å². The van der Waals surface area contributed by atoms with Crippen LogP contribution in [0.1, 0.15) is 60.2 Å². The van der Waals surface area contributed by atoms with Crippen molar-refractivity contribution in [1.29, 1.82) is 0 Å². The predicted molar refractivity (Wildman–Crippen MR) is 319 cm³/mol. The fourth-order valence-electron chi connectivity index (χ4n) is 8.66. The zero-order valence-corrected chi connectivity index (χ0v) is 50.2. The summed E-state index contributed by atoms with van der Waals surface area (Å²) in [5.74, 6) is -4.03. The first-order valence-corrected chi connectivity index (χ1v) is 31.2. The van der Waals surface area contributed by atoms with Crippen LogP contribution in [-0.4, -0.2) is 82.3 Å². The minimum absolute atomic E-state index is 0.0368. The van der Waals surface area contributed by atoms with Crippen molar-refractivity contribution in [2.75, 3.05) is 14.2 Å². The number of carbonyl (C=O) groups is 2. The lowest BCUT2D eigenvalue weighted by Gasteiger charge is -2.15. The molecule has 0 radical (unpaired) electrons. The number of carbonyl (C=O) groups excluding carboxylic acids is 2. The number of sulfonamides is 3. The lowest BCUT2D eigenvalue weighted by atomic mass is 10.0. The third kappa shape index (κ3) is 15.9. The summed E-state index contributed by atoms with van der Waals surface area (Å²) in [6, 6.07) is 20.9. The minimum Gasteiger partial charge on any atom is -0.383 e. The number of ketones is 1. The molecular formula is C60H41F12N12O9S3+. The number of alkyl halides is 9. The van der Waals surface area contributed by atoms with Gasteiger partial charge in [-0.2, -0.15) is 39.5 Å². The molecule has 0 saturated heterocycles. The summed E-state index contributed by atoms with van der Waals surface area (Å²) in [7, 11) is -13.1. The van der Waals surface area contributed by atoms with Crippen molar-refractivity contribution in [3.63, 3.8) is 0 Å². The highest BCUT2D eigenvalue weighted by molar-refractivity contribution is 7.93. The van der Waals surface area contributed by atoms with Gasteiger partial charge in [-0.1, -0.05) is 24.3 Å². The second-order valence-corrected chi connectivity index (χ2v) is 24.6. The Hall–Kier alpha value is -11.1. The number of anilines is 3. The van der Waals surface area contributed by atoms with Crippen molar-refractivity contribution in [3.8, 4) is 0 Å². The fourth-order valence-corrected chi connectivity index (χ4v) is 11.8. The van der Waals surface area contributed by atoms with E-state index in [0.717, 1.165) is 71.8 Å². The molecule has 0 aliphatic rings. The van der Waals surface area contributed by atoms with Gasteiger partial charge in [-0.15, -0.1) is 0 Å². The molecule has 0 aliphatic heterocycles. The van der Waals surface area contributed by atoms with Crippen molar-refractivity contribution in [2.24, 2.45) is 0 Å². The Balaban J connectivity index is 0.000000160. The Labute approximate surface area is 532 Å². The molecule has 0 aliphatic carbocycles. The van der Waals surface area contributed by atoms with Crippen LogP contribution in [0.15, 0.2) is 204 Å². The van der Waals surface area contributed by atoms with E-state index in [-0.39, 0.29) is 34.1 Å². The van der Waals surface area contributed by atoms with Crippen LogP contribution in [0.4, 0.5) is 69.7 Å². The molecule has 36 heteroatoms. The van der Waals surface area contributed by atoms with E-state index in [9.17, 15) is 83.9 Å². The number of aliphatic hydroxyl groups excluding tert-OH is 1. The van der Waals surface area contributed by atoms with Crippen LogP contribution in [-0.2, 0) is 48.6 Å². The second-order valence-electron chi connectivity index (χ2n) is 19.6. The molecule has 0 spiro atoms. The van der Waals surface area contributed by atoms with Crippen LogP contribution in [0.2, 0.25) is 0 Å². The van der Waals surface area contributed by atoms with E-state index in [2.05, 4.69) is 44.9 Å². The molecule has 96 heavy (non-hydrogen) atoms. The lowest BCUT2D eigenvalue weighted by Crippen LogP contribution is -2.16. The maximum absolute atomic E-state index is 15.1. The molecule has 6 aromatic heterocycles. The standard InChI is InChI=1S/C20H14F4N4O3S.C20H12F4N4O3S.C14H9F4NO3S.C6H5N3/c2*21-16-13(18(29)14-10-27-19-17(14)25-8-9-26-19)2-1-3-15(16)28-32(30,31)12-6-4-11(5-7-12)20(22,23)24;15-13-9(8-20)2-1-3-12(13)19-23(21,22)11-6-4-10(5-7-11)14(16,17)18;1-2-8-6-5(1)7-3-4-9-6/h1-10,18,28-29H,(H,26,27);1-10,28H,(H,26,27);1-8,19H;1-4H,(H,8,9)/p+1. The second kappa shape index (κ2) is 27.8. The van der Waals surface area contributed by atoms with E-state index in [0.29, 0.717) is 53.2 Å². The van der Waals surface area contributed by atoms with Crippen LogP contribution in [0.5, 0.6) is 0 Å². The van der Waals surface area contributed by atoms with Gasteiger partial charge in [0.25, 0.3) is 30.1 Å². The number of halogens is 12. The summed E-state index contributed by atoms with van der Waals surface area (Å²) in [5.41, 5.74) is -2.13. The number of rotatable bonds is 14. The van der Waals surface area contributed by atoms with Crippen molar-refractivity contribution in [1.82, 2.24) is 39.9 Å². The van der Waals surface area contributed by atoms with Crippen LogP contribution in [0.25, 0.3) is 33.5 Å². The van der Waals surface area contributed by atoms with E-state index in [4.69, 9.17) is 0 Å². The number of hydrogen-bond donors (Lipinski definition) is 7. The number of hydrogen-bond acceptors (Lipinski definition) is 14. The molecule has 8 N–H and O–H groups in total. The molecule has 0 amide bonds. The van der Waals surface area contributed by atoms with Crippen LogP contribution < -0.4 is 19.2 Å². The number of fused-ring (bicyclic) bond motifs is 3. The molecule has 12 aromatic rings. The summed E-state index contributed by atoms with van der Waals surface area (Å²) in [4.78, 5) is 53.8. The third-order valence-electron chi connectivity index (χ3n) is 13.4. The number of aromatic amines is 4. The van der Waals surface area contributed by atoms with Gasteiger partial charge in [0, 0.05) is 54.4 Å². The van der Waals surface area contributed by atoms with Crippen molar-refractivity contribution >= 4 is 92.7 Å². The van der Waals surface area contributed by atoms with Crippen molar-refractivity contribution < 1.29 is 97.6 Å². The number of nitrogens with zero attached hydrogens (tertiary/aromatic N) is 5. The van der Waals surface area contributed by atoms with Gasteiger partial charge in [0.15, 0.2) is 46.3 Å². The third-order valence-corrected chi connectivity index (χ3v) is 17.5. The molecule has 1 atom stereocenters. The molecular weight excluding hydrogens is 1360 g/mol. The van der Waals surface area contributed by atoms with Crippen LogP contribution >= 0.6 is 0 Å². The first kappa shape index (κ1) is 69.2. The van der Waals surface area contributed by atoms with Crippen LogP contribution in [0.3, 0.4) is 0 Å². The van der Waals surface area contributed by atoms with E-state index < -0.39 is 132 Å². The zero-order chi connectivity index (χ0) is 69.5. The molecule has 1 unspecified atom stereocenters. The summed E-state index contributed by atoms with van der Waals surface area (Å²) in [6.07, 6.45) is -1.43. The Morgan fingerprint density at radius 2 is 0.917 bits per heavy atom. The molecule has 0 saturated carbocycles. The van der Waals surface area contributed by atoms with Crippen molar-refractivity contribution in [2.45, 2.75) is 39.3 Å². The molecule has 0 fully saturated rings. The summed E-state index contributed by atoms with van der Waals surface area (Å²) >= 11 is 0. The highest BCUT2D eigenvalue weighted by atomic mass is 32.2. The summed E-state index contributed by atoms with van der Waals surface area (Å²) < 4.78 is 238. The molecule has 496 valence electrons. The SMILES string of the molecule is O=C(c1cccc(NS(=O)(=O)c2ccc(C(F)(F)F)cc2)c1F)c1c[nH]c2nccnc12.O=Cc1cccc(NS(=O)(=O)c2ccc(C(F)(F)F)cc2)c1F.O=S(=O)(Nc1cccc(C(O)c2c[nH]c3nccnc23)c1F)c1ccc(C(F)(F)F)cc1.c1c[nH+]c2[nH]ccc2n1. The van der Waals surface area contributed by atoms with E-state index in [1.165, 1.54) is 67.5 Å². The molecule has 0 bridgehead atoms. The first-order chi connectivity index (χ1) is 45.3. The fraction of sp³-hybridized carbons (Fsp3) is 0.0667. The van der Waals surface area contributed by atoms with Crippen LogP contribution in [0, 0.1) is 17.5 Å². The van der Waals surface area contributed by atoms with Gasteiger partial charge in [0.05, 0.1) is 77.5 Å². The Kier molecular flexibility index (Phi) is 20.1. The average molecular weight is 1400 g/mol. The first-order valence-electron chi connectivity index (χ1n) is 26.8. The number of benzene rings is 6. The van der Waals surface area contributed by atoms with Gasteiger partial charge in [0.2, 0.25) is 0 Å². The van der Waals surface area contributed by atoms with Crippen molar-refractivity contribution in [3.05, 3.63) is 251 Å². The van der Waals surface area contributed by atoms with E-state index in [1.807, 2.05) is 26.4 Å². The van der Waals surface area contributed by atoms with E-state index in [1.54, 1.807) is 12.4 Å². The van der Waals surface area contributed by atoms with Gasteiger partial charge in [-0.05, 0) is 103 Å². The maximum Gasteiger partial charge on any atom is 0.416 e. The quantitative estimate of drug-likeness (QED) is 0.0302. The topological polar surface area (TPSA) is 319 Å². The Morgan fingerprint density at radius 1 is 0.479 bits per heavy atom. The number of aliphatic hydroxyl groups is 1. The molecule has 21 nitrogen and oxygen atoms in total. The Bertz CT molecular complexity index is 5150. The normalized spacial score (nSPS) is 12.3. The summed E-state index contributed by atoms with van der Waals surface area (Å²) in [6.45, 7) is 0. The van der Waals surface area contributed by atoms with Gasteiger partial charge >= 0.3 is 24.2 Å². The highest BCUT2D eigenvalue weighted by Crippen LogP contribution is 2.36.